The van der Waals surface area contributed by atoms with Gasteiger partial charge in [0, 0.05) is 13.1 Å². The van der Waals surface area contributed by atoms with Crippen LogP contribution in [-0.4, -0.2) is 44.5 Å². The molecule has 2 aromatic carbocycles. The summed E-state index contributed by atoms with van der Waals surface area (Å²) in [5.74, 6) is 2.04. The van der Waals surface area contributed by atoms with Crippen molar-refractivity contribution >= 4 is 29.9 Å². The van der Waals surface area contributed by atoms with Gasteiger partial charge in [-0.25, -0.2) is 4.99 Å². The van der Waals surface area contributed by atoms with E-state index in [-0.39, 0.29) is 37.2 Å². The molecule has 0 saturated heterocycles. The number of ether oxygens (including phenoxy) is 2. The van der Waals surface area contributed by atoms with Crippen LogP contribution in [0.2, 0.25) is 0 Å². The molecule has 28 heavy (non-hydrogen) atoms. The number of aliphatic imine (C=N–C) groups is 1. The van der Waals surface area contributed by atoms with Crippen LogP contribution in [0.4, 0.5) is 0 Å². The molecule has 0 aliphatic heterocycles. The first-order chi connectivity index (χ1) is 13.3. The molecule has 0 aliphatic carbocycles. The monoisotopic (exact) mass is 499 g/mol. The average Bonchev–Trinajstić information content (AvgIpc) is 2.71. The molecule has 6 nitrogen and oxygen atoms in total. The minimum atomic E-state index is -0.0318. The number of benzene rings is 2. The van der Waals surface area contributed by atoms with Crippen molar-refractivity contribution < 1.29 is 14.6 Å². The van der Waals surface area contributed by atoms with E-state index in [9.17, 15) is 0 Å². The molecular formula is C21H30IN3O3. The van der Waals surface area contributed by atoms with Gasteiger partial charge < -0.3 is 25.2 Å². The maximum Gasteiger partial charge on any atom is 0.191 e. The molecule has 0 fully saturated rings. The van der Waals surface area contributed by atoms with Crippen LogP contribution in [0.3, 0.4) is 0 Å². The lowest BCUT2D eigenvalue weighted by Gasteiger charge is -2.13. The molecule has 0 unspecified atom stereocenters. The van der Waals surface area contributed by atoms with Gasteiger partial charge in [-0.1, -0.05) is 36.4 Å². The van der Waals surface area contributed by atoms with Crippen LogP contribution < -0.4 is 20.1 Å². The number of halogens is 1. The minimum Gasteiger partial charge on any atom is -0.493 e. The first-order valence-electron chi connectivity index (χ1n) is 9.23. The van der Waals surface area contributed by atoms with Crippen LogP contribution in [0, 0.1) is 0 Å². The van der Waals surface area contributed by atoms with Crippen LogP contribution in [0.5, 0.6) is 11.5 Å². The highest BCUT2D eigenvalue weighted by Crippen LogP contribution is 2.28. The lowest BCUT2D eigenvalue weighted by atomic mass is 10.1. The van der Waals surface area contributed by atoms with Crippen molar-refractivity contribution in [3.8, 4) is 11.5 Å². The van der Waals surface area contributed by atoms with Crippen LogP contribution in [0.15, 0.2) is 53.5 Å². The van der Waals surface area contributed by atoms with Gasteiger partial charge in [0.25, 0.3) is 0 Å². The molecule has 0 aromatic heterocycles. The van der Waals surface area contributed by atoms with E-state index in [1.165, 1.54) is 5.56 Å². The fourth-order valence-electron chi connectivity index (χ4n) is 2.57. The number of aliphatic hydroxyl groups is 1. The van der Waals surface area contributed by atoms with E-state index in [0.717, 1.165) is 31.0 Å². The van der Waals surface area contributed by atoms with Crippen LogP contribution in [-0.2, 0) is 13.0 Å². The van der Waals surface area contributed by atoms with Crippen molar-refractivity contribution in [2.75, 3.05) is 33.4 Å². The number of methoxy groups -OCH3 is 1. The molecule has 0 bridgehead atoms. The van der Waals surface area contributed by atoms with Crippen molar-refractivity contribution in [1.82, 2.24) is 10.6 Å². The van der Waals surface area contributed by atoms with E-state index < -0.39 is 0 Å². The molecule has 7 heteroatoms. The van der Waals surface area contributed by atoms with Gasteiger partial charge in [0.05, 0.1) is 20.3 Å². The zero-order valence-corrected chi connectivity index (χ0v) is 18.8. The maximum absolute atomic E-state index is 8.89. The highest BCUT2D eigenvalue weighted by Gasteiger charge is 2.06. The van der Waals surface area contributed by atoms with Gasteiger partial charge in [-0.05, 0) is 36.6 Å². The zero-order chi connectivity index (χ0) is 19.3. The van der Waals surface area contributed by atoms with Gasteiger partial charge in [-0.2, -0.15) is 0 Å². The normalized spacial score (nSPS) is 10.8. The number of aliphatic hydroxyl groups excluding tert-OH is 1. The fourth-order valence-corrected chi connectivity index (χ4v) is 2.57. The molecule has 3 N–H and O–H groups in total. The Kier molecular flexibility index (Phi) is 12.1. The molecule has 0 atom stereocenters. The summed E-state index contributed by atoms with van der Waals surface area (Å²) >= 11 is 0. The van der Waals surface area contributed by atoms with Gasteiger partial charge in [-0.15, -0.1) is 24.0 Å². The first kappa shape index (κ1) is 24.0. The summed E-state index contributed by atoms with van der Waals surface area (Å²) in [6, 6.07) is 16.1. The molecule has 0 saturated carbocycles. The van der Waals surface area contributed by atoms with Gasteiger partial charge in [0.15, 0.2) is 17.5 Å². The smallest absolute Gasteiger partial charge is 0.191 e. The van der Waals surface area contributed by atoms with Gasteiger partial charge in [0.2, 0.25) is 0 Å². The predicted molar refractivity (Wildman–Crippen MR) is 124 cm³/mol. The lowest BCUT2D eigenvalue weighted by Crippen LogP contribution is -2.38. The summed E-state index contributed by atoms with van der Waals surface area (Å²) in [5, 5.41) is 15.5. The Bertz CT molecular complexity index is 711. The second-order valence-electron chi connectivity index (χ2n) is 5.91. The number of guanidine groups is 1. The van der Waals surface area contributed by atoms with E-state index in [1.54, 1.807) is 7.11 Å². The molecule has 0 amide bonds. The molecule has 2 aromatic rings. The SMILES string of the molecule is CCNC(=NCc1ccc(OCCO)c(OC)c1)NCCc1ccccc1.I. The summed E-state index contributed by atoms with van der Waals surface area (Å²) in [6.07, 6.45) is 0.940. The van der Waals surface area contributed by atoms with Crippen molar-refractivity contribution in [3.05, 3.63) is 59.7 Å². The Hall–Kier alpha value is -2.00. The number of nitrogens with one attached hydrogen (secondary N) is 2. The quantitative estimate of drug-likeness (QED) is 0.266. The number of nitrogens with zero attached hydrogens (tertiary/aromatic N) is 1. The highest BCUT2D eigenvalue weighted by molar-refractivity contribution is 14.0. The van der Waals surface area contributed by atoms with E-state index in [4.69, 9.17) is 14.6 Å². The largest absolute Gasteiger partial charge is 0.493 e. The second-order valence-corrected chi connectivity index (χ2v) is 5.91. The van der Waals surface area contributed by atoms with Crippen LogP contribution in [0.1, 0.15) is 18.1 Å². The van der Waals surface area contributed by atoms with E-state index >= 15 is 0 Å². The standard InChI is InChI=1S/C21H29N3O3.HI/c1-3-22-21(23-12-11-17-7-5-4-6-8-17)24-16-18-9-10-19(27-14-13-25)20(15-18)26-2;/h4-10,15,25H,3,11-14,16H2,1-2H3,(H2,22,23,24);1H. The molecule has 0 aliphatic rings. The third kappa shape index (κ3) is 8.35. The summed E-state index contributed by atoms with van der Waals surface area (Å²) in [5.41, 5.74) is 2.31. The summed E-state index contributed by atoms with van der Waals surface area (Å²) in [6.45, 7) is 4.39. The fraction of sp³-hybridized carbons (Fsp3) is 0.381. The predicted octanol–water partition coefficient (Wildman–Crippen LogP) is 2.98. The van der Waals surface area contributed by atoms with Crippen molar-refractivity contribution in [2.45, 2.75) is 19.9 Å². The molecule has 0 heterocycles. The van der Waals surface area contributed by atoms with Gasteiger partial charge in [-0.3, -0.25) is 0 Å². The second kappa shape index (κ2) is 14.1. The Labute approximate surface area is 184 Å². The molecule has 2 rings (SSSR count). The maximum atomic E-state index is 8.89. The Morgan fingerprint density at radius 1 is 1.04 bits per heavy atom. The van der Waals surface area contributed by atoms with E-state index in [0.29, 0.717) is 18.0 Å². The Morgan fingerprint density at radius 3 is 2.50 bits per heavy atom. The third-order valence-corrected chi connectivity index (χ3v) is 3.89. The summed E-state index contributed by atoms with van der Waals surface area (Å²) in [7, 11) is 1.60. The minimum absolute atomic E-state index is 0. The lowest BCUT2D eigenvalue weighted by molar-refractivity contribution is 0.196. The van der Waals surface area contributed by atoms with Crippen molar-refractivity contribution in [2.24, 2.45) is 4.99 Å². The van der Waals surface area contributed by atoms with Gasteiger partial charge >= 0.3 is 0 Å². The third-order valence-electron chi connectivity index (χ3n) is 3.89. The van der Waals surface area contributed by atoms with Crippen LogP contribution in [0.25, 0.3) is 0 Å². The number of hydrogen-bond acceptors (Lipinski definition) is 4. The summed E-state index contributed by atoms with van der Waals surface area (Å²) < 4.78 is 10.8. The number of hydrogen-bond donors (Lipinski definition) is 3. The average molecular weight is 499 g/mol. The summed E-state index contributed by atoms with van der Waals surface area (Å²) in [4.78, 5) is 4.64. The van der Waals surface area contributed by atoms with Gasteiger partial charge in [0.1, 0.15) is 6.61 Å². The van der Waals surface area contributed by atoms with Crippen LogP contribution >= 0.6 is 24.0 Å². The number of rotatable bonds is 10. The highest BCUT2D eigenvalue weighted by atomic mass is 127. The molecule has 0 radical (unpaired) electrons. The Morgan fingerprint density at radius 2 is 1.82 bits per heavy atom. The van der Waals surface area contributed by atoms with E-state index in [2.05, 4.69) is 39.9 Å². The Balaban J connectivity index is 0.00000392. The van der Waals surface area contributed by atoms with Crippen molar-refractivity contribution in [1.29, 1.82) is 0 Å². The van der Waals surface area contributed by atoms with Crippen molar-refractivity contribution in [3.63, 3.8) is 0 Å². The van der Waals surface area contributed by atoms with E-state index in [1.807, 2.05) is 31.2 Å². The first-order valence-corrected chi connectivity index (χ1v) is 9.23. The zero-order valence-electron chi connectivity index (χ0n) is 16.5. The molecule has 154 valence electrons. The molecular weight excluding hydrogens is 469 g/mol. The molecule has 0 spiro atoms. The topological polar surface area (TPSA) is 75.1 Å².